The Labute approximate surface area is 152 Å². The molecule has 0 fully saturated rings. The summed E-state index contributed by atoms with van der Waals surface area (Å²) in [6, 6.07) is 3.83. The smallest absolute Gasteiger partial charge is 0.305 e. The van der Waals surface area contributed by atoms with Crippen molar-refractivity contribution in [3.63, 3.8) is 0 Å². The molecule has 8 nitrogen and oxygen atoms in total. The average molecular weight is 382 g/mol. The van der Waals surface area contributed by atoms with Gasteiger partial charge in [0, 0.05) is 12.1 Å². The first-order valence-electron chi connectivity index (χ1n) is 8.19. The van der Waals surface area contributed by atoms with Crippen molar-refractivity contribution in [2.45, 2.75) is 44.6 Å². The van der Waals surface area contributed by atoms with Gasteiger partial charge in [-0.1, -0.05) is 13.8 Å². The molecule has 1 unspecified atom stereocenters. The van der Waals surface area contributed by atoms with Crippen molar-refractivity contribution in [1.82, 2.24) is 9.62 Å². The second-order valence-electron chi connectivity index (χ2n) is 6.78. The van der Waals surface area contributed by atoms with E-state index in [2.05, 4.69) is 5.32 Å². The number of carbonyl (C=O) groups is 3. The average Bonchev–Trinajstić information content (AvgIpc) is 2.72. The standard InChI is InChI=1S/C17H22N2O6S/c1-5-19-16(23)12-7-6-11(8-13(12)26(19,24)25)15(22)18-17(4,10(2)3)9-14(20)21/h6-8,10H,5,9H2,1-4H3,(H,18,22)(H,20,21). The Kier molecular flexibility index (Phi) is 5.14. The number of rotatable bonds is 6. The van der Waals surface area contributed by atoms with Gasteiger partial charge in [0.25, 0.3) is 21.8 Å². The fourth-order valence-electron chi connectivity index (χ4n) is 2.77. The lowest BCUT2D eigenvalue weighted by Gasteiger charge is -2.33. The maximum atomic E-state index is 12.6. The molecule has 2 amide bonds. The maximum absolute atomic E-state index is 12.6. The molecular formula is C17H22N2O6S. The third kappa shape index (κ3) is 3.31. The van der Waals surface area contributed by atoms with E-state index in [1.807, 2.05) is 0 Å². The van der Waals surface area contributed by atoms with Gasteiger partial charge in [-0.25, -0.2) is 12.7 Å². The number of carbonyl (C=O) groups excluding carboxylic acids is 2. The van der Waals surface area contributed by atoms with E-state index in [4.69, 9.17) is 5.11 Å². The summed E-state index contributed by atoms with van der Waals surface area (Å²) in [5.41, 5.74) is -0.928. The lowest BCUT2D eigenvalue weighted by molar-refractivity contribution is -0.138. The van der Waals surface area contributed by atoms with Gasteiger partial charge in [0.15, 0.2) is 0 Å². The molecule has 1 atom stereocenters. The Hall–Kier alpha value is -2.42. The Balaban J connectivity index is 2.39. The van der Waals surface area contributed by atoms with Gasteiger partial charge < -0.3 is 10.4 Å². The van der Waals surface area contributed by atoms with E-state index < -0.39 is 33.3 Å². The number of nitrogens with zero attached hydrogens (tertiary/aromatic N) is 1. The molecule has 2 rings (SSSR count). The van der Waals surface area contributed by atoms with Crippen LogP contribution in [0.5, 0.6) is 0 Å². The highest BCUT2D eigenvalue weighted by atomic mass is 32.2. The molecule has 0 spiro atoms. The third-order valence-corrected chi connectivity index (χ3v) is 6.65. The SMILES string of the molecule is CCN1C(=O)c2ccc(C(=O)NC(C)(CC(=O)O)C(C)C)cc2S1(=O)=O. The molecule has 1 heterocycles. The number of amides is 2. The first-order chi connectivity index (χ1) is 11.9. The normalized spacial score (nSPS) is 17.7. The molecule has 1 aromatic rings. The van der Waals surface area contributed by atoms with Crippen LogP contribution in [0.2, 0.25) is 0 Å². The Bertz CT molecular complexity index is 877. The molecule has 0 saturated carbocycles. The molecule has 9 heteroatoms. The molecule has 0 aliphatic carbocycles. The van der Waals surface area contributed by atoms with E-state index in [-0.39, 0.29) is 34.9 Å². The van der Waals surface area contributed by atoms with Gasteiger partial charge >= 0.3 is 5.97 Å². The molecule has 0 saturated heterocycles. The molecule has 0 radical (unpaired) electrons. The summed E-state index contributed by atoms with van der Waals surface area (Å²) in [6.45, 7) is 6.74. The zero-order chi connectivity index (χ0) is 19.9. The second-order valence-corrected chi connectivity index (χ2v) is 8.61. The molecule has 0 bridgehead atoms. The van der Waals surface area contributed by atoms with Crippen molar-refractivity contribution in [3.05, 3.63) is 29.3 Å². The summed E-state index contributed by atoms with van der Waals surface area (Å²) >= 11 is 0. The van der Waals surface area contributed by atoms with Gasteiger partial charge in [-0.3, -0.25) is 14.4 Å². The van der Waals surface area contributed by atoms with E-state index in [0.29, 0.717) is 0 Å². The molecule has 26 heavy (non-hydrogen) atoms. The van der Waals surface area contributed by atoms with Crippen LogP contribution in [-0.4, -0.2) is 47.7 Å². The molecule has 142 valence electrons. The van der Waals surface area contributed by atoms with E-state index >= 15 is 0 Å². The topological polar surface area (TPSA) is 121 Å². The van der Waals surface area contributed by atoms with Crippen molar-refractivity contribution in [2.24, 2.45) is 5.92 Å². The van der Waals surface area contributed by atoms with Crippen molar-refractivity contribution >= 4 is 27.8 Å². The minimum absolute atomic E-state index is 0.00140. The summed E-state index contributed by atoms with van der Waals surface area (Å²) in [5.74, 6) is -2.43. The van der Waals surface area contributed by atoms with Gasteiger partial charge in [-0.05, 0) is 38.0 Å². The van der Waals surface area contributed by atoms with E-state index in [0.717, 1.165) is 10.4 Å². The van der Waals surface area contributed by atoms with Crippen LogP contribution in [0.3, 0.4) is 0 Å². The van der Waals surface area contributed by atoms with E-state index in [9.17, 15) is 22.8 Å². The predicted molar refractivity (Wildman–Crippen MR) is 93.3 cm³/mol. The van der Waals surface area contributed by atoms with Crippen LogP contribution in [0, 0.1) is 5.92 Å². The quantitative estimate of drug-likeness (QED) is 0.768. The summed E-state index contributed by atoms with van der Waals surface area (Å²) in [5, 5.41) is 11.8. The fraction of sp³-hybridized carbons (Fsp3) is 0.471. The van der Waals surface area contributed by atoms with Crippen molar-refractivity contribution in [1.29, 1.82) is 0 Å². The van der Waals surface area contributed by atoms with Gasteiger partial charge in [-0.2, -0.15) is 0 Å². The molecule has 0 aromatic heterocycles. The highest BCUT2D eigenvalue weighted by Crippen LogP contribution is 2.31. The van der Waals surface area contributed by atoms with Crippen LogP contribution >= 0.6 is 0 Å². The molecular weight excluding hydrogens is 360 g/mol. The number of carboxylic acids is 1. The lowest BCUT2D eigenvalue weighted by atomic mass is 9.85. The van der Waals surface area contributed by atoms with Crippen LogP contribution < -0.4 is 5.32 Å². The van der Waals surface area contributed by atoms with Crippen molar-refractivity contribution in [3.8, 4) is 0 Å². The summed E-state index contributed by atoms with van der Waals surface area (Å²) in [7, 11) is -3.97. The van der Waals surface area contributed by atoms with Crippen molar-refractivity contribution < 1.29 is 27.9 Å². The van der Waals surface area contributed by atoms with Gasteiger partial charge in [0.2, 0.25) is 0 Å². The molecule has 2 N–H and O–H groups in total. The summed E-state index contributed by atoms with van der Waals surface area (Å²) in [4.78, 5) is 35.6. The summed E-state index contributed by atoms with van der Waals surface area (Å²) < 4.78 is 25.6. The Morgan fingerprint density at radius 1 is 1.31 bits per heavy atom. The molecule has 1 aliphatic heterocycles. The van der Waals surface area contributed by atoms with Crippen LogP contribution in [0.1, 0.15) is 54.8 Å². The first-order valence-corrected chi connectivity index (χ1v) is 9.63. The molecule has 1 aromatic carbocycles. The van der Waals surface area contributed by atoms with Crippen LogP contribution in [-0.2, 0) is 14.8 Å². The number of carboxylic acid groups (broad SMARTS) is 1. The molecule has 1 aliphatic rings. The number of hydrogen-bond donors (Lipinski definition) is 2. The maximum Gasteiger partial charge on any atom is 0.305 e. The van der Waals surface area contributed by atoms with Gasteiger partial charge in [-0.15, -0.1) is 0 Å². The number of sulfonamides is 1. The van der Waals surface area contributed by atoms with Crippen LogP contribution in [0.4, 0.5) is 0 Å². The van der Waals surface area contributed by atoms with E-state index in [1.54, 1.807) is 27.7 Å². The highest BCUT2D eigenvalue weighted by molar-refractivity contribution is 7.90. The van der Waals surface area contributed by atoms with Gasteiger partial charge in [0.1, 0.15) is 4.90 Å². The van der Waals surface area contributed by atoms with Crippen LogP contribution in [0.25, 0.3) is 0 Å². The minimum Gasteiger partial charge on any atom is -0.481 e. The zero-order valence-electron chi connectivity index (χ0n) is 15.1. The minimum atomic E-state index is -3.97. The van der Waals surface area contributed by atoms with Crippen molar-refractivity contribution in [2.75, 3.05) is 6.54 Å². The fourth-order valence-corrected chi connectivity index (χ4v) is 4.37. The third-order valence-electron chi connectivity index (χ3n) is 4.75. The predicted octanol–water partition coefficient (Wildman–Crippen LogP) is 1.47. The second kappa shape index (κ2) is 6.71. The van der Waals surface area contributed by atoms with Crippen LogP contribution in [0.15, 0.2) is 23.1 Å². The number of fused-ring (bicyclic) bond motifs is 1. The number of hydrogen-bond acceptors (Lipinski definition) is 5. The van der Waals surface area contributed by atoms with E-state index in [1.165, 1.54) is 12.1 Å². The zero-order valence-corrected chi connectivity index (χ0v) is 15.9. The largest absolute Gasteiger partial charge is 0.481 e. The number of aliphatic carboxylic acids is 1. The highest BCUT2D eigenvalue weighted by Gasteiger charge is 2.41. The lowest BCUT2D eigenvalue weighted by Crippen LogP contribution is -2.51. The summed E-state index contributed by atoms with van der Waals surface area (Å²) in [6.07, 6.45) is -0.276. The Morgan fingerprint density at radius 2 is 1.92 bits per heavy atom. The van der Waals surface area contributed by atoms with Gasteiger partial charge in [0.05, 0.1) is 17.5 Å². The Morgan fingerprint density at radius 3 is 2.42 bits per heavy atom. The number of nitrogens with one attached hydrogen (secondary N) is 1. The first kappa shape index (κ1) is 19.9. The number of benzene rings is 1. The monoisotopic (exact) mass is 382 g/mol.